The van der Waals surface area contributed by atoms with Crippen LogP contribution < -0.4 is 14.2 Å². The lowest BCUT2D eigenvalue weighted by Gasteiger charge is -2.08. The molecule has 3 aromatic rings. The number of hydrogen-bond acceptors (Lipinski definition) is 7. The zero-order chi connectivity index (χ0) is 24.9. The Morgan fingerprint density at radius 2 is 1.34 bits per heavy atom. The van der Waals surface area contributed by atoms with Crippen molar-refractivity contribution in [2.75, 3.05) is 13.2 Å². The van der Waals surface area contributed by atoms with Crippen LogP contribution in [0.25, 0.3) is 6.08 Å². The molecule has 0 N–H and O–H groups in total. The number of carbonyl (C=O) groups excluding carboxylic acids is 3. The first kappa shape index (κ1) is 25.0. The molecule has 0 fully saturated rings. The van der Waals surface area contributed by atoms with E-state index in [-0.39, 0.29) is 6.61 Å². The van der Waals surface area contributed by atoms with Gasteiger partial charge in [0.25, 0.3) is 0 Å². The third kappa shape index (κ3) is 8.66. The normalized spacial score (nSPS) is 10.4. The van der Waals surface area contributed by atoms with Crippen LogP contribution in [0.1, 0.15) is 22.3 Å². The molecule has 0 amide bonds. The minimum atomic E-state index is -0.538. The summed E-state index contributed by atoms with van der Waals surface area (Å²) in [6.45, 7) is 3.91. The highest BCUT2D eigenvalue weighted by molar-refractivity contribution is 5.91. The Bertz CT molecular complexity index is 1160. The Morgan fingerprint density at radius 3 is 2.00 bits per heavy atom. The lowest BCUT2D eigenvalue weighted by atomic mass is 10.2. The van der Waals surface area contributed by atoms with Crippen molar-refractivity contribution < 1.29 is 33.3 Å². The molecule has 178 valence electrons. The second-order valence-electron chi connectivity index (χ2n) is 7.12. The average Bonchev–Trinajstić information content (AvgIpc) is 2.89. The monoisotopic (exact) mass is 472 g/mol. The number of esters is 3. The lowest BCUT2D eigenvalue weighted by Crippen LogP contribution is -2.09. The van der Waals surface area contributed by atoms with Gasteiger partial charge in [-0.2, -0.15) is 0 Å². The molecule has 0 aliphatic heterocycles. The molecular weight excluding hydrogens is 448 g/mol. The summed E-state index contributed by atoms with van der Waals surface area (Å²) < 4.78 is 21.0. The van der Waals surface area contributed by atoms with Crippen molar-refractivity contribution in [3.8, 4) is 17.2 Å². The van der Waals surface area contributed by atoms with Crippen LogP contribution in [0.2, 0.25) is 0 Å². The Morgan fingerprint density at radius 1 is 0.714 bits per heavy atom. The predicted octanol–water partition coefficient (Wildman–Crippen LogP) is 5.02. The van der Waals surface area contributed by atoms with Gasteiger partial charge in [0, 0.05) is 18.6 Å². The number of ether oxygens (including phenoxy) is 4. The standard InChI is InChI=1S/C28H24O7/c1-2-26(29)33-20-6-19-32-23-12-10-22(11-13-23)28(31)35-25-16-14-24(15-17-25)34-27(30)18-9-21-7-4-3-5-8-21/h2-5,7-18H,1,6,19-20H2. The van der Waals surface area contributed by atoms with E-state index in [0.29, 0.717) is 35.8 Å². The molecule has 0 bridgehead atoms. The molecule has 0 saturated heterocycles. The molecule has 0 unspecified atom stereocenters. The third-order valence-corrected chi connectivity index (χ3v) is 4.52. The van der Waals surface area contributed by atoms with Crippen LogP contribution >= 0.6 is 0 Å². The maximum atomic E-state index is 12.4. The van der Waals surface area contributed by atoms with Gasteiger partial charge >= 0.3 is 17.9 Å². The molecule has 0 spiro atoms. The van der Waals surface area contributed by atoms with Crippen molar-refractivity contribution in [1.82, 2.24) is 0 Å². The molecule has 35 heavy (non-hydrogen) atoms. The molecule has 0 saturated carbocycles. The van der Waals surface area contributed by atoms with E-state index in [4.69, 9.17) is 18.9 Å². The molecule has 7 heteroatoms. The van der Waals surface area contributed by atoms with Gasteiger partial charge in [0.15, 0.2) is 0 Å². The van der Waals surface area contributed by atoms with Crippen molar-refractivity contribution in [1.29, 1.82) is 0 Å². The number of hydrogen-bond donors (Lipinski definition) is 0. The van der Waals surface area contributed by atoms with Gasteiger partial charge < -0.3 is 18.9 Å². The van der Waals surface area contributed by atoms with Crippen molar-refractivity contribution in [2.24, 2.45) is 0 Å². The number of rotatable bonds is 11. The molecule has 3 rings (SSSR count). The molecule has 0 aromatic heterocycles. The maximum absolute atomic E-state index is 12.4. The van der Waals surface area contributed by atoms with E-state index < -0.39 is 17.9 Å². The molecule has 7 nitrogen and oxygen atoms in total. The van der Waals surface area contributed by atoms with Crippen molar-refractivity contribution in [3.63, 3.8) is 0 Å². The molecule has 0 radical (unpaired) electrons. The van der Waals surface area contributed by atoms with Gasteiger partial charge in [-0.1, -0.05) is 36.9 Å². The van der Waals surface area contributed by atoms with Gasteiger partial charge in [-0.25, -0.2) is 14.4 Å². The molecule has 0 aliphatic carbocycles. The fourth-order valence-corrected chi connectivity index (χ4v) is 2.79. The molecule has 3 aromatic carbocycles. The summed E-state index contributed by atoms with van der Waals surface area (Å²) >= 11 is 0. The first-order valence-electron chi connectivity index (χ1n) is 10.8. The van der Waals surface area contributed by atoms with Gasteiger partial charge in [-0.3, -0.25) is 0 Å². The Balaban J connectivity index is 1.44. The van der Waals surface area contributed by atoms with E-state index >= 15 is 0 Å². The SMILES string of the molecule is C=CC(=O)OCCCOc1ccc(C(=O)Oc2ccc(OC(=O)C=Cc3ccccc3)cc2)cc1. The summed E-state index contributed by atoms with van der Waals surface area (Å²) in [6.07, 6.45) is 4.63. The first-order chi connectivity index (χ1) is 17.0. The predicted molar refractivity (Wildman–Crippen MR) is 130 cm³/mol. The second kappa shape index (κ2) is 13.2. The fourth-order valence-electron chi connectivity index (χ4n) is 2.79. The van der Waals surface area contributed by atoms with E-state index in [9.17, 15) is 14.4 Å². The summed E-state index contributed by atoms with van der Waals surface area (Å²) in [5, 5.41) is 0. The Kier molecular flexibility index (Phi) is 9.39. The Labute approximate surface area is 203 Å². The highest BCUT2D eigenvalue weighted by atomic mass is 16.5. The minimum Gasteiger partial charge on any atom is -0.493 e. The zero-order valence-electron chi connectivity index (χ0n) is 18.9. The summed E-state index contributed by atoms with van der Waals surface area (Å²) in [4.78, 5) is 35.3. The molecule has 0 atom stereocenters. The highest BCUT2D eigenvalue weighted by Crippen LogP contribution is 2.20. The van der Waals surface area contributed by atoms with Gasteiger partial charge in [0.05, 0.1) is 18.8 Å². The lowest BCUT2D eigenvalue weighted by molar-refractivity contribution is -0.138. The van der Waals surface area contributed by atoms with Crippen LogP contribution in [-0.2, 0) is 14.3 Å². The second-order valence-corrected chi connectivity index (χ2v) is 7.12. The van der Waals surface area contributed by atoms with Gasteiger partial charge in [0.1, 0.15) is 17.2 Å². The molecule has 0 aliphatic rings. The van der Waals surface area contributed by atoms with Crippen molar-refractivity contribution in [2.45, 2.75) is 6.42 Å². The summed E-state index contributed by atoms with van der Waals surface area (Å²) in [6, 6.07) is 22.0. The highest BCUT2D eigenvalue weighted by Gasteiger charge is 2.10. The van der Waals surface area contributed by atoms with Crippen LogP contribution in [0, 0.1) is 0 Å². The molecule has 0 heterocycles. The van der Waals surface area contributed by atoms with Gasteiger partial charge in [-0.05, 0) is 60.2 Å². The smallest absolute Gasteiger partial charge is 0.343 e. The minimum absolute atomic E-state index is 0.234. The summed E-state index contributed by atoms with van der Waals surface area (Å²) in [7, 11) is 0. The van der Waals surface area contributed by atoms with Crippen LogP contribution in [0.15, 0.2) is 97.6 Å². The van der Waals surface area contributed by atoms with E-state index in [1.165, 1.54) is 18.2 Å². The van der Waals surface area contributed by atoms with E-state index in [1.807, 2.05) is 30.3 Å². The fraction of sp³-hybridized carbons (Fsp3) is 0.107. The van der Waals surface area contributed by atoms with Crippen LogP contribution in [0.4, 0.5) is 0 Å². The third-order valence-electron chi connectivity index (χ3n) is 4.52. The van der Waals surface area contributed by atoms with Crippen LogP contribution in [0.5, 0.6) is 17.2 Å². The van der Waals surface area contributed by atoms with Gasteiger partial charge in [-0.15, -0.1) is 0 Å². The van der Waals surface area contributed by atoms with E-state index in [1.54, 1.807) is 42.5 Å². The van der Waals surface area contributed by atoms with Crippen LogP contribution in [-0.4, -0.2) is 31.1 Å². The average molecular weight is 472 g/mol. The van der Waals surface area contributed by atoms with Crippen molar-refractivity contribution >= 4 is 24.0 Å². The van der Waals surface area contributed by atoms with Crippen LogP contribution in [0.3, 0.4) is 0 Å². The maximum Gasteiger partial charge on any atom is 0.343 e. The number of benzene rings is 3. The molecular formula is C28H24O7. The summed E-state index contributed by atoms with van der Waals surface area (Å²) in [5.74, 6) is -0.317. The number of carbonyl (C=O) groups is 3. The quantitative estimate of drug-likeness (QED) is 0.168. The summed E-state index contributed by atoms with van der Waals surface area (Å²) in [5.41, 5.74) is 1.23. The van der Waals surface area contributed by atoms with E-state index in [0.717, 1.165) is 11.6 Å². The zero-order valence-corrected chi connectivity index (χ0v) is 18.9. The van der Waals surface area contributed by atoms with Gasteiger partial charge in [0.2, 0.25) is 0 Å². The largest absolute Gasteiger partial charge is 0.493 e. The Hall–Kier alpha value is -4.65. The van der Waals surface area contributed by atoms with E-state index in [2.05, 4.69) is 6.58 Å². The van der Waals surface area contributed by atoms with Crippen molar-refractivity contribution in [3.05, 3.63) is 109 Å². The first-order valence-corrected chi connectivity index (χ1v) is 10.8. The topological polar surface area (TPSA) is 88.1 Å².